The summed E-state index contributed by atoms with van der Waals surface area (Å²) in [6.45, 7) is 3.92. The van der Waals surface area contributed by atoms with Gasteiger partial charge in [0.1, 0.15) is 5.75 Å². The molecule has 0 unspecified atom stereocenters. The second-order valence-electron chi connectivity index (χ2n) is 7.77. The molecule has 1 saturated heterocycles. The van der Waals surface area contributed by atoms with Crippen LogP contribution < -0.4 is 15.0 Å². The lowest BCUT2D eigenvalue weighted by atomic mass is 10.1. The topological polar surface area (TPSA) is 88.1 Å². The third-order valence-electron chi connectivity index (χ3n) is 5.53. The van der Waals surface area contributed by atoms with Crippen molar-refractivity contribution in [3.8, 4) is 5.75 Å². The van der Waals surface area contributed by atoms with Crippen molar-refractivity contribution in [1.29, 1.82) is 0 Å². The molecule has 4 rings (SSSR count). The molecule has 31 heavy (non-hydrogen) atoms. The number of carbonyl (C=O) groups is 1. The van der Waals surface area contributed by atoms with Gasteiger partial charge in [-0.1, -0.05) is 42.1 Å². The van der Waals surface area contributed by atoms with Gasteiger partial charge in [0, 0.05) is 5.69 Å². The second-order valence-corrected chi connectivity index (χ2v) is 10.9. The predicted molar refractivity (Wildman–Crippen MR) is 126 cm³/mol. The molecule has 0 bridgehead atoms. The normalized spacial score (nSPS) is 21.5. The Morgan fingerprint density at radius 2 is 1.87 bits per heavy atom. The van der Waals surface area contributed by atoms with E-state index in [2.05, 4.69) is 10.3 Å². The Hall–Kier alpha value is -2.52. The third-order valence-corrected chi connectivity index (χ3v) is 8.20. The molecule has 2 atom stereocenters. The fraction of sp³-hybridized carbons (Fsp3) is 0.364. The maximum Gasteiger partial charge on any atom is 0.234 e. The summed E-state index contributed by atoms with van der Waals surface area (Å²) in [5.74, 6) is 0.750. The summed E-state index contributed by atoms with van der Waals surface area (Å²) in [6.07, 6.45) is 0. The van der Waals surface area contributed by atoms with Crippen molar-refractivity contribution in [3.05, 3.63) is 53.6 Å². The molecule has 0 aliphatic carbocycles. The number of carbonyl (C=O) groups excluding carboxylic acids is 1. The highest BCUT2D eigenvalue weighted by Crippen LogP contribution is 2.39. The van der Waals surface area contributed by atoms with Gasteiger partial charge >= 0.3 is 0 Å². The molecule has 1 fully saturated rings. The lowest BCUT2D eigenvalue weighted by Gasteiger charge is -2.27. The molecule has 2 aromatic carbocycles. The number of amides is 1. The summed E-state index contributed by atoms with van der Waals surface area (Å²) < 4.78 is 29.9. The van der Waals surface area contributed by atoms with Crippen LogP contribution in [0.5, 0.6) is 5.75 Å². The van der Waals surface area contributed by atoms with Crippen molar-refractivity contribution in [3.63, 3.8) is 0 Å². The average Bonchev–Trinajstić information content (AvgIpc) is 3.20. The molecular formula is C22H25N3O4S2. The highest BCUT2D eigenvalue weighted by Gasteiger charge is 2.47. The minimum absolute atomic E-state index is 0.0297. The standard InChI is InChI=1S/C22H25N3O4S2/c1-14-7-6-8-15(2)21(14)24-20(26)11-30-22-23-16-12-31(27,28)13-18(16)25(22)17-9-4-5-10-19(17)29-3/h4-10,16,18H,11-13H2,1-3H3,(H,24,26)/t16-,18-/m1/s1. The Morgan fingerprint density at radius 3 is 2.58 bits per heavy atom. The zero-order valence-corrected chi connectivity index (χ0v) is 19.3. The van der Waals surface area contributed by atoms with Gasteiger partial charge in [0.05, 0.1) is 42.1 Å². The minimum atomic E-state index is -3.15. The molecule has 2 aromatic rings. The molecule has 2 aliphatic rings. The van der Waals surface area contributed by atoms with Crippen molar-refractivity contribution in [1.82, 2.24) is 0 Å². The first-order valence-electron chi connectivity index (χ1n) is 9.98. The summed E-state index contributed by atoms with van der Waals surface area (Å²) in [5, 5.41) is 3.63. The highest BCUT2D eigenvalue weighted by molar-refractivity contribution is 8.14. The van der Waals surface area contributed by atoms with Crippen molar-refractivity contribution < 1.29 is 17.9 Å². The van der Waals surface area contributed by atoms with Gasteiger partial charge in [-0.2, -0.15) is 0 Å². The van der Waals surface area contributed by atoms with E-state index in [1.165, 1.54) is 11.8 Å². The molecule has 0 spiro atoms. The number of thioether (sulfide) groups is 1. The van der Waals surface area contributed by atoms with Gasteiger partial charge in [-0.25, -0.2) is 8.42 Å². The monoisotopic (exact) mass is 459 g/mol. The number of methoxy groups -OCH3 is 1. The SMILES string of the molecule is COc1ccccc1N1C(SCC(=O)Nc2c(C)cccc2C)=N[C@@H]2CS(=O)(=O)C[C@H]21. The lowest BCUT2D eigenvalue weighted by Crippen LogP contribution is -2.39. The van der Waals surface area contributed by atoms with E-state index in [1.807, 2.05) is 61.2 Å². The fourth-order valence-corrected chi connectivity index (χ4v) is 6.82. The summed E-state index contributed by atoms with van der Waals surface area (Å²) in [4.78, 5) is 19.3. The van der Waals surface area contributed by atoms with Gasteiger partial charge in [0.15, 0.2) is 15.0 Å². The molecule has 0 saturated carbocycles. The second kappa shape index (κ2) is 8.55. The van der Waals surface area contributed by atoms with Gasteiger partial charge < -0.3 is 15.0 Å². The van der Waals surface area contributed by atoms with Gasteiger partial charge in [0.25, 0.3) is 0 Å². The van der Waals surface area contributed by atoms with Crippen molar-refractivity contribution in [2.45, 2.75) is 25.9 Å². The first-order chi connectivity index (χ1) is 14.8. The van der Waals surface area contributed by atoms with Crippen LogP contribution in [-0.4, -0.2) is 55.9 Å². The smallest absolute Gasteiger partial charge is 0.234 e. The Labute approximate surface area is 186 Å². The average molecular weight is 460 g/mol. The van der Waals surface area contributed by atoms with E-state index < -0.39 is 9.84 Å². The highest BCUT2D eigenvalue weighted by atomic mass is 32.2. The zero-order chi connectivity index (χ0) is 22.2. The largest absolute Gasteiger partial charge is 0.495 e. The van der Waals surface area contributed by atoms with Crippen molar-refractivity contribution >= 4 is 44.0 Å². The molecule has 0 aromatic heterocycles. The van der Waals surface area contributed by atoms with Crippen LogP contribution in [0.25, 0.3) is 0 Å². The predicted octanol–water partition coefficient (Wildman–Crippen LogP) is 3.03. The van der Waals surface area contributed by atoms with E-state index in [9.17, 15) is 13.2 Å². The number of sulfone groups is 1. The molecule has 7 nitrogen and oxygen atoms in total. The van der Waals surface area contributed by atoms with E-state index >= 15 is 0 Å². The number of para-hydroxylation sites is 3. The molecule has 1 amide bonds. The third kappa shape index (κ3) is 4.43. The molecule has 1 N–H and O–H groups in total. The van der Waals surface area contributed by atoms with E-state index in [0.717, 1.165) is 22.5 Å². The number of benzene rings is 2. The van der Waals surface area contributed by atoms with E-state index in [-0.39, 0.29) is 35.2 Å². The molecule has 164 valence electrons. The first-order valence-corrected chi connectivity index (χ1v) is 12.8. The van der Waals surface area contributed by atoms with Gasteiger partial charge in [-0.15, -0.1) is 0 Å². The number of hydrogen-bond acceptors (Lipinski definition) is 7. The van der Waals surface area contributed by atoms with Crippen LogP contribution in [-0.2, 0) is 14.6 Å². The van der Waals surface area contributed by atoms with Crippen LogP contribution in [0.15, 0.2) is 47.5 Å². The van der Waals surface area contributed by atoms with Gasteiger partial charge in [0.2, 0.25) is 5.91 Å². The molecular weight excluding hydrogens is 434 g/mol. The Bertz CT molecular complexity index is 1130. The van der Waals surface area contributed by atoms with Crippen LogP contribution in [0, 0.1) is 13.8 Å². The first kappa shape index (κ1) is 21.7. The van der Waals surface area contributed by atoms with Crippen molar-refractivity contribution in [2.24, 2.45) is 4.99 Å². The number of nitrogens with zero attached hydrogens (tertiary/aromatic N) is 2. The van der Waals surface area contributed by atoms with Gasteiger partial charge in [-0.05, 0) is 37.1 Å². The van der Waals surface area contributed by atoms with Crippen LogP contribution in [0.3, 0.4) is 0 Å². The molecule has 2 aliphatic heterocycles. The number of ether oxygens (including phenoxy) is 1. The minimum Gasteiger partial charge on any atom is -0.495 e. The number of anilines is 2. The van der Waals surface area contributed by atoms with E-state index in [4.69, 9.17) is 4.74 Å². The number of hydrogen-bond donors (Lipinski definition) is 1. The summed E-state index contributed by atoms with van der Waals surface area (Å²) >= 11 is 1.32. The summed E-state index contributed by atoms with van der Waals surface area (Å²) in [7, 11) is -1.57. The Kier molecular flexibility index (Phi) is 5.98. The Balaban J connectivity index is 1.55. The number of fused-ring (bicyclic) bond motifs is 1. The quantitative estimate of drug-likeness (QED) is 0.740. The number of rotatable bonds is 5. The van der Waals surface area contributed by atoms with Crippen molar-refractivity contribution in [2.75, 3.05) is 34.6 Å². The Morgan fingerprint density at radius 1 is 1.16 bits per heavy atom. The zero-order valence-electron chi connectivity index (χ0n) is 17.7. The number of aliphatic imine (C=N–C) groups is 1. The van der Waals surface area contributed by atoms with Crippen LogP contribution in [0.1, 0.15) is 11.1 Å². The number of amidine groups is 1. The number of aryl methyl sites for hydroxylation is 2. The van der Waals surface area contributed by atoms with Crippen LogP contribution in [0.4, 0.5) is 11.4 Å². The summed E-state index contributed by atoms with van der Waals surface area (Å²) in [5.41, 5.74) is 3.60. The maximum atomic E-state index is 12.7. The molecule has 2 heterocycles. The van der Waals surface area contributed by atoms with Gasteiger partial charge in [-0.3, -0.25) is 9.79 Å². The lowest BCUT2D eigenvalue weighted by molar-refractivity contribution is -0.113. The number of nitrogens with one attached hydrogen (secondary N) is 1. The van der Waals surface area contributed by atoms with E-state index in [1.54, 1.807) is 7.11 Å². The van der Waals surface area contributed by atoms with Crippen LogP contribution in [0.2, 0.25) is 0 Å². The molecule has 0 radical (unpaired) electrons. The van der Waals surface area contributed by atoms with Crippen LogP contribution >= 0.6 is 11.8 Å². The maximum absolute atomic E-state index is 12.7. The summed E-state index contributed by atoms with van der Waals surface area (Å²) in [6, 6.07) is 12.7. The molecule has 9 heteroatoms. The van der Waals surface area contributed by atoms with E-state index in [0.29, 0.717) is 10.9 Å². The fourth-order valence-electron chi connectivity index (χ4n) is 4.06.